The van der Waals surface area contributed by atoms with Crippen LogP contribution in [0.5, 0.6) is 0 Å². The number of esters is 2. The van der Waals surface area contributed by atoms with E-state index in [1.807, 2.05) is 0 Å². The van der Waals surface area contributed by atoms with Gasteiger partial charge in [0.25, 0.3) is 5.95 Å². The van der Waals surface area contributed by atoms with Crippen LogP contribution in [0.4, 0.5) is 0 Å². The molecule has 0 saturated carbocycles. The van der Waals surface area contributed by atoms with Crippen LogP contribution in [0, 0.1) is 0 Å². The van der Waals surface area contributed by atoms with Crippen molar-refractivity contribution < 1.29 is 19.1 Å². The Labute approximate surface area is 76.8 Å². The Morgan fingerprint density at radius 3 is 1.69 bits per heavy atom. The molecule has 4 heteroatoms. The molecule has 0 bridgehead atoms. The van der Waals surface area contributed by atoms with Crippen molar-refractivity contribution in [2.45, 2.75) is 20.8 Å². The second kappa shape index (κ2) is 5.13. The number of ether oxygens (including phenoxy) is 2. The van der Waals surface area contributed by atoms with Gasteiger partial charge in [-0.3, -0.25) is 9.59 Å². The summed E-state index contributed by atoms with van der Waals surface area (Å²) in [6.45, 7) is 7.52. The van der Waals surface area contributed by atoms with Crippen LogP contribution in [-0.2, 0) is 19.1 Å². The molecule has 0 saturated heterocycles. The topological polar surface area (TPSA) is 52.6 Å². The summed E-state index contributed by atoms with van der Waals surface area (Å²) >= 11 is 0. The van der Waals surface area contributed by atoms with Crippen molar-refractivity contribution in [3.05, 3.63) is 24.2 Å². The predicted octanol–water partition coefficient (Wildman–Crippen LogP) is 1.53. The molecule has 4 nitrogen and oxygen atoms in total. The second-order valence-electron chi connectivity index (χ2n) is 2.36. The average Bonchev–Trinajstić information content (AvgIpc) is 2.00. The summed E-state index contributed by atoms with van der Waals surface area (Å²) < 4.78 is 9.28. The van der Waals surface area contributed by atoms with Crippen LogP contribution in [0.3, 0.4) is 0 Å². The van der Waals surface area contributed by atoms with Gasteiger partial charge in [-0.15, -0.1) is 0 Å². The molecule has 0 heterocycles. The molecule has 0 rings (SSSR count). The maximum atomic E-state index is 10.6. The van der Waals surface area contributed by atoms with E-state index >= 15 is 0 Å². The summed E-state index contributed by atoms with van der Waals surface area (Å²) in [5, 5.41) is 0. The van der Waals surface area contributed by atoms with Crippen LogP contribution in [0.25, 0.3) is 0 Å². The van der Waals surface area contributed by atoms with E-state index in [2.05, 4.69) is 16.1 Å². The molecule has 0 aliphatic heterocycles. The first-order chi connectivity index (χ1) is 5.97. The van der Waals surface area contributed by atoms with Gasteiger partial charge in [-0.05, 0) is 6.92 Å². The van der Waals surface area contributed by atoms with Gasteiger partial charge in [-0.1, -0.05) is 12.7 Å². The lowest BCUT2D eigenvalue weighted by Crippen LogP contribution is -2.07. The van der Waals surface area contributed by atoms with Crippen LogP contribution in [0.1, 0.15) is 20.8 Å². The highest BCUT2D eigenvalue weighted by Crippen LogP contribution is 2.09. The van der Waals surface area contributed by atoms with Crippen molar-refractivity contribution in [2.75, 3.05) is 0 Å². The summed E-state index contributed by atoms with van der Waals surface area (Å²) in [5.41, 5.74) is 0.491. The quantitative estimate of drug-likeness (QED) is 0.379. The van der Waals surface area contributed by atoms with E-state index in [0.717, 1.165) is 0 Å². The van der Waals surface area contributed by atoms with Crippen LogP contribution >= 0.6 is 0 Å². The third-order valence-corrected chi connectivity index (χ3v) is 1.10. The van der Waals surface area contributed by atoms with Crippen molar-refractivity contribution in [2.24, 2.45) is 0 Å². The zero-order chi connectivity index (χ0) is 10.4. The molecule has 0 amide bonds. The molecular formula is C9H12O4. The second-order valence-corrected chi connectivity index (χ2v) is 2.36. The average molecular weight is 184 g/mol. The number of carbonyl (C=O) groups is 2. The van der Waals surface area contributed by atoms with E-state index in [9.17, 15) is 9.59 Å². The van der Waals surface area contributed by atoms with Gasteiger partial charge < -0.3 is 9.47 Å². The Balaban J connectivity index is 4.64. The molecule has 0 radical (unpaired) electrons. The number of allylic oxidation sites excluding steroid dienone is 2. The summed E-state index contributed by atoms with van der Waals surface area (Å²) in [4.78, 5) is 21.1. The molecular weight excluding hydrogens is 172 g/mol. The molecule has 0 aromatic rings. The minimum atomic E-state index is -0.544. The fraction of sp³-hybridized carbons (Fsp3) is 0.333. The summed E-state index contributed by atoms with van der Waals surface area (Å²) in [7, 11) is 0. The lowest BCUT2D eigenvalue weighted by Gasteiger charge is -2.07. The Morgan fingerprint density at radius 2 is 1.46 bits per heavy atom. The van der Waals surface area contributed by atoms with Gasteiger partial charge in [0.1, 0.15) is 0 Å². The fourth-order valence-electron chi connectivity index (χ4n) is 0.526. The monoisotopic (exact) mass is 184 g/mol. The third kappa shape index (κ3) is 4.79. The van der Waals surface area contributed by atoms with Gasteiger partial charge in [-0.25, -0.2) is 0 Å². The molecule has 72 valence electrons. The molecule has 0 N–H and O–H groups in total. The van der Waals surface area contributed by atoms with Gasteiger partial charge in [0.15, 0.2) is 0 Å². The lowest BCUT2D eigenvalue weighted by molar-refractivity contribution is -0.151. The zero-order valence-electron chi connectivity index (χ0n) is 7.92. The van der Waals surface area contributed by atoms with Gasteiger partial charge in [-0.2, -0.15) is 0 Å². The van der Waals surface area contributed by atoms with Gasteiger partial charge >= 0.3 is 11.9 Å². The highest BCUT2D eigenvalue weighted by molar-refractivity contribution is 5.70. The summed E-state index contributed by atoms with van der Waals surface area (Å²) in [6.07, 6.45) is 1.43. The maximum absolute atomic E-state index is 10.6. The zero-order valence-corrected chi connectivity index (χ0v) is 7.92. The first-order valence-corrected chi connectivity index (χ1v) is 3.67. The van der Waals surface area contributed by atoms with Crippen LogP contribution in [-0.4, -0.2) is 11.9 Å². The summed E-state index contributed by atoms with van der Waals surface area (Å²) in [5.74, 6) is -1.20. The Bertz CT molecular complexity index is 245. The van der Waals surface area contributed by atoms with Crippen LogP contribution < -0.4 is 0 Å². The molecule has 0 atom stereocenters. The van der Waals surface area contributed by atoms with Crippen molar-refractivity contribution in [1.29, 1.82) is 0 Å². The lowest BCUT2D eigenvalue weighted by atomic mass is 10.3. The molecule has 0 aromatic heterocycles. The van der Waals surface area contributed by atoms with Crippen LogP contribution in [0.15, 0.2) is 24.2 Å². The minimum Gasteiger partial charge on any atom is -0.392 e. The van der Waals surface area contributed by atoms with E-state index in [-0.39, 0.29) is 5.95 Å². The van der Waals surface area contributed by atoms with E-state index in [0.29, 0.717) is 5.57 Å². The van der Waals surface area contributed by atoms with Gasteiger partial charge in [0, 0.05) is 19.4 Å². The van der Waals surface area contributed by atoms with Crippen molar-refractivity contribution in [3.8, 4) is 0 Å². The third-order valence-electron chi connectivity index (χ3n) is 1.10. The molecule has 0 spiro atoms. The Morgan fingerprint density at radius 1 is 1.08 bits per heavy atom. The SMILES string of the molecule is C=CC(C)=C(OC(C)=O)OC(C)=O. The smallest absolute Gasteiger partial charge is 0.310 e. The number of rotatable bonds is 3. The fourth-order valence-corrected chi connectivity index (χ4v) is 0.526. The predicted molar refractivity (Wildman–Crippen MR) is 46.4 cm³/mol. The normalized spacial score (nSPS) is 8.54. The van der Waals surface area contributed by atoms with Gasteiger partial charge in [0.2, 0.25) is 0 Å². The summed E-state index contributed by atoms with van der Waals surface area (Å²) in [6, 6.07) is 0. The van der Waals surface area contributed by atoms with E-state index in [1.165, 1.54) is 19.9 Å². The van der Waals surface area contributed by atoms with Gasteiger partial charge in [0.05, 0.1) is 0 Å². The van der Waals surface area contributed by atoms with E-state index in [1.54, 1.807) is 6.92 Å². The molecule has 0 aliphatic rings. The van der Waals surface area contributed by atoms with Crippen molar-refractivity contribution >= 4 is 11.9 Å². The highest BCUT2D eigenvalue weighted by Gasteiger charge is 2.09. The van der Waals surface area contributed by atoms with Crippen molar-refractivity contribution in [3.63, 3.8) is 0 Å². The number of carbonyl (C=O) groups excluding carboxylic acids is 2. The Kier molecular flexibility index (Phi) is 4.51. The largest absolute Gasteiger partial charge is 0.392 e. The molecule has 0 aliphatic carbocycles. The number of hydrogen-bond acceptors (Lipinski definition) is 4. The first kappa shape index (κ1) is 11.4. The first-order valence-electron chi connectivity index (χ1n) is 3.67. The van der Waals surface area contributed by atoms with E-state index < -0.39 is 11.9 Å². The van der Waals surface area contributed by atoms with Crippen LogP contribution in [0.2, 0.25) is 0 Å². The molecule has 0 unspecified atom stereocenters. The maximum Gasteiger partial charge on any atom is 0.310 e. The van der Waals surface area contributed by atoms with E-state index in [4.69, 9.17) is 0 Å². The Hall–Kier alpha value is -1.58. The molecule has 13 heavy (non-hydrogen) atoms. The number of hydrogen-bond donors (Lipinski definition) is 0. The molecule has 0 fully saturated rings. The highest BCUT2D eigenvalue weighted by atomic mass is 16.7. The standard InChI is InChI=1S/C9H12O4/c1-5-6(2)9(12-7(3)10)13-8(4)11/h5H,1H2,2-4H3. The van der Waals surface area contributed by atoms with Crippen molar-refractivity contribution in [1.82, 2.24) is 0 Å². The minimum absolute atomic E-state index is 0.116. The molecule has 0 aromatic carbocycles.